The van der Waals surface area contributed by atoms with Crippen LogP contribution < -0.4 is 11.1 Å². The molecule has 0 spiro atoms. The average Bonchev–Trinajstić information content (AvgIpc) is 2.99. The lowest BCUT2D eigenvalue weighted by atomic mass is 10.1. The number of carbonyl (C=O) groups is 1. The minimum atomic E-state index is -0.358. The summed E-state index contributed by atoms with van der Waals surface area (Å²) in [5.41, 5.74) is 8.26. The van der Waals surface area contributed by atoms with Gasteiger partial charge in [0.1, 0.15) is 0 Å². The Kier molecular flexibility index (Phi) is 3.80. The highest BCUT2D eigenvalue weighted by Crippen LogP contribution is 2.22. The molecular weight excluding hydrogens is 300 g/mol. The van der Waals surface area contributed by atoms with Crippen molar-refractivity contribution >= 4 is 29.0 Å². The zero-order valence-corrected chi connectivity index (χ0v) is 12.3. The maximum absolute atomic E-state index is 12.2. The van der Waals surface area contributed by atoms with Gasteiger partial charge in [-0.25, -0.2) is 0 Å². The average molecular weight is 313 g/mol. The smallest absolute Gasteiger partial charge is 0.258 e. The van der Waals surface area contributed by atoms with Crippen molar-refractivity contribution in [3.05, 3.63) is 65.2 Å². The van der Waals surface area contributed by atoms with Crippen LogP contribution in [0.1, 0.15) is 10.4 Å². The van der Waals surface area contributed by atoms with Crippen molar-refractivity contribution in [1.82, 2.24) is 10.2 Å². The van der Waals surface area contributed by atoms with Crippen LogP contribution in [-0.2, 0) is 0 Å². The lowest BCUT2D eigenvalue weighted by Crippen LogP contribution is -2.13. The van der Waals surface area contributed by atoms with Gasteiger partial charge in [0.25, 0.3) is 5.91 Å². The van der Waals surface area contributed by atoms with Gasteiger partial charge in [-0.05, 0) is 23.8 Å². The van der Waals surface area contributed by atoms with Crippen molar-refractivity contribution in [2.75, 3.05) is 11.1 Å². The van der Waals surface area contributed by atoms with E-state index in [1.807, 2.05) is 30.3 Å². The number of carbonyl (C=O) groups excluding carboxylic acids is 1. The first-order valence-corrected chi connectivity index (χ1v) is 6.98. The van der Waals surface area contributed by atoms with Crippen molar-refractivity contribution in [2.45, 2.75) is 0 Å². The third-order valence-electron chi connectivity index (χ3n) is 3.14. The normalized spacial score (nSPS) is 10.4. The van der Waals surface area contributed by atoms with Crippen LogP contribution in [0.4, 0.5) is 11.5 Å². The van der Waals surface area contributed by atoms with Gasteiger partial charge in [-0.15, -0.1) is 0 Å². The van der Waals surface area contributed by atoms with Crippen LogP contribution in [0.25, 0.3) is 11.3 Å². The van der Waals surface area contributed by atoms with Gasteiger partial charge < -0.3 is 11.1 Å². The summed E-state index contributed by atoms with van der Waals surface area (Å²) >= 11 is 6.01. The van der Waals surface area contributed by atoms with Crippen LogP contribution in [0.2, 0.25) is 5.02 Å². The molecule has 3 rings (SSSR count). The summed E-state index contributed by atoms with van der Waals surface area (Å²) in [6.45, 7) is 0. The first-order chi connectivity index (χ1) is 10.6. The van der Waals surface area contributed by atoms with Gasteiger partial charge in [0.05, 0.1) is 16.3 Å². The number of rotatable bonds is 3. The Bertz CT molecular complexity index is 814. The largest absolute Gasteiger partial charge is 0.399 e. The highest BCUT2D eigenvalue weighted by molar-refractivity contribution is 6.34. The van der Waals surface area contributed by atoms with Gasteiger partial charge in [-0.3, -0.25) is 9.89 Å². The Hall–Kier alpha value is -2.79. The molecular formula is C16H13ClN4O. The van der Waals surface area contributed by atoms with Crippen molar-refractivity contribution in [1.29, 1.82) is 0 Å². The molecule has 0 aliphatic rings. The molecule has 0 bridgehead atoms. The van der Waals surface area contributed by atoms with E-state index < -0.39 is 0 Å². The van der Waals surface area contributed by atoms with Gasteiger partial charge in [0.15, 0.2) is 5.82 Å². The molecule has 0 saturated carbocycles. The van der Waals surface area contributed by atoms with E-state index in [2.05, 4.69) is 15.5 Å². The van der Waals surface area contributed by atoms with E-state index in [0.717, 1.165) is 11.3 Å². The minimum absolute atomic E-state index is 0.311. The lowest BCUT2D eigenvalue weighted by molar-refractivity contribution is 0.102. The second-order valence-electron chi connectivity index (χ2n) is 4.73. The maximum atomic E-state index is 12.2. The van der Waals surface area contributed by atoms with Crippen LogP contribution in [0, 0.1) is 0 Å². The summed E-state index contributed by atoms with van der Waals surface area (Å²) < 4.78 is 0. The Morgan fingerprint density at radius 3 is 2.68 bits per heavy atom. The van der Waals surface area contributed by atoms with Crippen molar-refractivity contribution in [3.8, 4) is 11.3 Å². The molecule has 4 N–H and O–H groups in total. The van der Waals surface area contributed by atoms with E-state index in [1.165, 1.54) is 6.07 Å². The standard InChI is InChI=1S/C16H13ClN4O/c17-13-7-6-11(18)8-12(13)16(22)19-15-9-14(20-21-15)10-4-2-1-3-5-10/h1-9H,18H2,(H2,19,20,21,22). The van der Waals surface area contributed by atoms with Crippen molar-refractivity contribution in [3.63, 3.8) is 0 Å². The molecule has 0 atom stereocenters. The molecule has 0 saturated heterocycles. The minimum Gasteiger partial charge on any atom is -0.399 e. The van der Waals surface area contributed by atoms with Crippen molar-refractivity contribution < 1.29 is 4.79 Å². The zero-order chi connectivity index (χ0) is 15.5. The zero-order valence-electron chi connectivity index (χ0n) is 11.5. The topological polar surface area (TPSA) is 83.8 Å². The number of H-pyrrole nitrogens is 1. The van der Waals surface area contributed by atoms with Gasteiger partial charge in [0.2, 0.25) is 0 Å². The Balaban J connectivity index is 1.81. The fraction of sp³-hybridized carbons (Fsp3) is 0. The number of anilines is 2. The summed E-state index contributed by atoms with van der Waals surface area (Å²) in [6, 6.07) is 16.2. The van der Waals surface area contributed by atoms with Crippen LogP contribution >= 0.6 is 11.6 Å². The number of hydrogen-bond donors (Lipinski definition) is 3. The molecule has 1 heterocycles. The van der Waals surface area contributed by atoms with E-state index in [9.17, 15) is 4.79 Å². The van der Waals surface area contributed by atoms with E-state index in [-0.39, 0.29) is 5.91 Å². The fourth-order valence-corrected chi connectivity index (χ4v) is 2.26. The monoisotopic (exact) mass is 312 g/mol. The molecule has 1 aromatic heterocycles. The first-order valence-electron chi connectivity index (χ1n) is 6.61. The van der Waals surface area contributed by atoms with Crippen LogP contribution in [0.15, 0.2) is 54.6 Å². The highest BCUT2D eigenvalue weighted by atomic mass is 35.5. The highest BCUT2D eigenvalue weighted by Gasteiger charge is 2.13. The van der Waals surface area contributed by atoms with Gasteiger partial charge in [0, 0.05) is 11.8 Å². The SMILES string of the molecule is Nc1ccc(Cl)c(C(=O)Nc2cc(-c3ccccc3)[nH]n2)c1. The molecule has 6 heteroatoms. The quantitative estimate of drug-likeness (QED) is 0.646. The number of aromatic amines is 1. The number of nitrogens with two attached hydrogens (primary N) is 1. The summed E-state index contributed by atoms with van der Waals surface area (Å²) in [4.78, 5) is 12.2. The second kappa shape index (κ2) is 5.91. The van der Waals surface area contributed by atoms with E-state index >= 15 is 0 Å². The number of benzene rings is 2. The summed E-state index contributed by atoms with van der Waals surface area (Å²) in [7, 11) is 0. The van der Waals surface area contributed by atoms with E-state index in [4.69, 9.17) is 17.3 Å². The van der Waals surface area contributed by atoms with E-state index in [1.54, 1.807) is 18.2 Å². The first kappa shape index (κ1) is 14.2. The molecule has 0 fully saturated rings. The molecule has 0 aliphatic heterocycles. The number of nitrogen functional groups attached to an aromatic ring is 1. The molecule has 5 nitrogen and oxygen atoms in total. The van der Waals surface area contributed by atoms with Crippen LogP contribution in [-0.4, -0.2) is 16.1 Å². The summed E-state index contributed by atoms with van der Waals surface area (Å²) in [5.74, 6) is 0.0609. The third-order valence-corrected chi connectivity index (χ3v) is 3.47. The lowest BCUT2D eigenvalue weighted by Gasteiger charge is -2.05. The Morgan fingerprint density at radius 1 is 1.14 bits per heavy atom. The Labute approximate surface area is 132 Å². The fourth-order valence-electron chi connectivity index (χ4n) is 2.05. The molecule has 1 amide bonds. The number of halogens is 1. The van der Waals surface area contributed by atoms with Crippen LogP contribution in [0.3, 0.4) is 0 Å². The molecule has 0 unspecified atom stereocenters. The van der Waals surface area contributed by atoms with Gasteiger partial charge in [-0.1, -0.05) is 41.9 Å². The second-order valence-corrected chi connectivity index (χ2v) is 5.13. The maximum Gasteiger partial charge on any atom is 0.258 e. The molecule has 0 aliphatic carbocycles. The molecule has 2 aromatic carbocycles. The predicted molar refractivity (Wildman–Crippen MR) is 87.8 cm³/mol. The Morgan fingerprint density at radius 2 is 1.91 bits per heavy atom. The number of nitrogens with zero attached hydrogens (tertiary/aromatic N) is 1. The molecule has 110 valence electrons. The summed E-state index contributed by atoms with van der Waals surface area (Å²) in [5, 5.41) is 9.99. The molecule has 22 heavy (non-hydrogen) atoms. The van der Waals surface area contributed by atoms with Gasteiger partial charge in [-0.2, -0.15) is 5.10 Å². The number of nitrogens with one attached hydrogen (secondary N) is 2. The van der Waals surface area contributed by atoms with E-state index in [0.29, 0.717) is 22.1 Å². The molecule has 0 radical (unpaired) electrons. The van der Waals surface area contributed by atoms with Gasteiger partial charge >= 0.3 is 0 Å². The molecule has 3 aromatic rings. The van der Waals surface area contributed by atoms with Crippen molar-refractivity contribution in [2.24, 2.45) is 0 Å². The number of aromatic nitrogens is 2. The number of hydrogen-bond acceptors (Lipinski definition) is 3. The number of amides is 1. The summed E-state index contributed by atoms with van der Waals surface area (Å²) in [6.07, 6.45) is 0. The third kappa shape index (κ3) is 2.94. The van der Waals surface area contributed by atoms with Crippen LogP contribution in [0.5, 0.6) is 0 Å². The predicted octanol–water partition coefficient (Wildman–Crippen LogP) is 3.56.